The third-order valence-corrected chi connectivity index (χ3v) is 4.86. The van der Waals surface area contributed by atoms with Crippen LogP contribution in [-0.2, 0) is 19.6 Å². The number of hydrogen-bond acceptors (Lipinski definition) is 4. The fraction of sp³-hybridized carbons (Fsp3) is 0.292. The maximum atomic E-state index is 13.0. The van der Waals surface area contributed by atoms with Gasteiger partial charge in [0.25, 0.3) is 5.91 Å². The molecule has 6 heteroatoms. The van der Waals surface area contributed by atoms with Gasteiger partial charge in [-0.1, -0.05) is 24.3 Å². The molecule has 0 saturated carbocycles. The summed E-state index contributed by atoms with van der Waals surface area (Å²) in [6, 6.07) is 17.8. The highest BCUT2D eigenvalue weighted by Crippen LogP contribution is 2.19. The Morgan fingerprint density at radius 1 is 1.07 bits per heavy atom. The largest absolute Gasteiger partial charge is 0.497 e. The Bertz CT molecular complexity index is 967. The highest BCUT2D eigenvalue weighted by molar-refractivity contribution is 5.91. The number of carbonyl (C=O) groups excluding carboxylic acids is 1. The fourth-order valence-electron chi connectivity index (χ4n) is 3.08. The molecule has 0 aliphatic carbocycles. The minimum Gasteiger partial charge on any atom is -0.497 e. The number of halogens is 1. The van der Waals surface area contributed by atoms with Gasteiger partial charge >= 0.3 is 0 Å². The smallest absolute Gasteiger partial charge is 0.287 e. The molecule has 0 aliphatic heterocycles. The van der Waals surface area contributed by atoms with Crippen molar-refractivity contribution in [3.8, 4) is 5.75 Å². The van der Waals surface area contributed by atoms with E-state index in [-0.39, 0.29) is 23.5 Å². The number of rotatable bonds is 9. The molecule has 3 rings (SSSR count). The predicted octanol–water partition coefficient (Wildman–Crippen LogP) is 4.77. The normalized spacial score (nSPS) is 11.1. The molecule has 1 heterocycles. The van der Waals surface area contributed by atoms with Crippen LogP contribution in [0.25, 0.3) is 0 Å². The van der Waals surface area contributed by atoms with E-state index in [1.165, 1.54) is 12.1 Å². The number of hydrogen-bond donors (Lipinski definition) is 1. The second kappa shape index (κ2) is 10.1. The van der Waals surface area contributed by atoms with Crippen LogP contribution in [0.5, 0.6) is 5.75 Å². The number of carbonyl (C=O) groups is 1. The second-order valence-electron chi connectivity index (χ2n) is 7.43. The molecule has 0 unspecified atom stereocenters. The second-order valence-corrected chi connectivity index (χ2v) is 7.43. The summed E-state index contributed by atoms with van der Waals surface area (Å²) < 4.78 is 24.1. The van der Waals surface area contributed by atoms with Crippen LogP contribution in [0.3, 0.4) is 0 Å². The van der Waals surface area contributed by atoms with Gasteiger partial charge in [-0.15, -0.1) is 0 Å². The first-order valence-corrected chi connectivity index (χ1v) is 9.93. The van der Waals surface area contributed by atoms with Gasteiger partial charge in [0.15, 0.2) is 5.76 Å². The molecular formula is C24H27FN2O3. The van der Waals surface area contributed by atoms with Crippen LogP contribution in [0.2, 0.25) is 0 Å². The summed E-state index contributed by atoms with van der Waals surface area (Å²) in [5.74, 6) is 1.21. The van der Waals surface area contributed by atoms with E-state index in [9.17, 15) is 9.18 Å². The van der Waals surface area contributed by atoms with Gasteiger partial charge in [-0.3, -0.25) is 9.69 Å². The van der Waals surface area contributed by atoms with Crippen molar-refractivity contribution in [2.75, 3.05) is 7.11 Å². The summed E-state index contributed by atoms with van der Waals surface area (Å²) in [6.07, 6.45) is 0. The SMILES string of the molecule is COc1cccc(CN(Cc2ccc(C(=O)NCc3ccc(F)cc3)o2)C(C)C)c1. The van der Waals surface area contributed by atoms with Crippen molar-refractivity contribution >= 4 is 5.91 Å². The van der Waals surface area contributed by atoms with Gasteiger partial charge in [0.2, 0.25) is 0 Å². The fourth-order valence-corrected chi connectivity index (χ4v) is 3.08. The van der Waals surface area contributed by atoms with Gasteiger partial charge in [-0.05, 0) is 61.4 Å². The van der Waals surface area contributed by atoms with Crippen LogP contribution in [0.15, 0.2) is 65.1 Å². The van der Waals surface area contributed by atoms with Crippen molar-refractivity contribution in [3.63, 3.8) is 0 Å². The third kappa shape index (κ3) is 5.94. The molecule has 3 aromatic rings. The minimum absolute atomic E-state index is 0.261. The van der Waals surface area contributed by atoms with Crippen molar-refractivity contribution in [3.05, 3.63) is 89.1 Å². The molecule has 1 N–H and O–H groups in total. The van der Waals surface area contributed by atoms with E-state index in [1.807, 2.05) is 24.3 Å². The van der Waals surface area contributed by atoms with Crippen molar-refractivity contribution < 1.29 is 18.3 Å². The number of furan rings is 1. The van der Waals surface area contributed by atoms with Gasteiger partial charge in [0.05, 0.1) is 13.7 Å². The van der Waals surface area contributed by atoms with Gasteiger partial charge in [0.1, 0.15) is 17.3 Å². The zero-order valence-electron chi connectivity index (χ0n) is 17.5. The molecule has 0 radical (unpaired) electrons. The van der Waals surface area contributed by atoms with Crippen LogP contribution < -0.4 is 10.1 Å². The first-order valence-electron chi connectivity index (χ1n) is 9.93. The molecule has 30 heavy (non-hydrogen) atoms. The number of benzene rings is 2. The number of amides is 1. The monoisotopic (exact) mass is 410 g/mol. The summed E-state index contributed by atoms with van der Waals surface area (Å²) in [4.78, 5) is 14.6. The molecule has 0 fully saturated rings. The number of ether oxygens (including phenoxy) is 1. The molecule has 0 aliphatic rings. The summed E-state index contributed by atoms with van der Waals surface area (Å²) >= 11 is 0. The molecule has 5 nitrogen and oxygen atoms in total. The summed E-state index contributed by atoms with van der Waals surface area (Å²) in [5, 5.41) is 2.79. The molecule has 0 atom stereocenters. The molecule has 1 aromatic heterocycles. The molecule has 1 amide bonds. The molecule has 0 saturated heterocycles. The Morgan fingerprint density at radius 3 is 2.53 bits per heavy atom. The van der Waals surface area contributed by atoms with E-state index >= 15 is 0 Å². The molecule has 0 spiro atoms. The lowest BCUT2D eigenvalue weighted by Gasteiger charge is -2.25. The van der Waals surface area contributed by atoms with E-state index in [0.29, 0.717) is 13.1 Å². The van der Waals surface area contributed by atoms with Crippen molar-refractivity contribution in [1.82, 2.24) is 10.2 Å². The Labute approximate surface area is 176 Å². The number of nitrogens with zero attached hydrogens (tertiary/aromatic N) is 1. The number of methoxy groups -OCH3 is 1. The lowest BCUT2D eigenvalue weighted by molar-refractivity contribution is 0.0917. The van der Waals surface area contributed by atoms with Gasteiger partial charge in [-0.2, -0.15) is 0 Å². The zero-order chi connectivity index (χ0) is 21.5. The van der Waals surface area contributed by atoms with Gasteiger partial charge in [-0.25, -0.2) is 4.39 Å². The lowest BCUT2D eigenvalue weighted by atomic mass is 10.1. The van der Waals surface area contributed by atoms with E-state index in [1.54, 1.807) is 25.3 Å². The Kier molecular flexibility index (Phi) is 7.25. The van der Waals surface area contributed by atoms with E-state index in [2.05, 4.69) is 30.1 Å². The van der Waals surface area contributed by atoms with E-state index in [4.69, 9.17) is 9.15 Å². The third-order valence-electron chi connectivity index (χ3n) is 4.86. The van der Waals surface area contributed by atoms with Gasteiger partial charge in [0, 0.05) is 19.1 Å². The zero-order valence-corrected chi connectivity index (χ0v) is 17.5. The Hall–Kier alpha value is -3.12. The first kappa shape index (κ1) is 21.6. The van der Waals surface area contributed by atoms with E-state index in [0.717, 1.165) is 29.2 Å². The highest BCUT2D eigenvalue weighted by atomic mass is 19.1. The highest BCUT2D eigenvalue weighted by Gasteiger charge is 2.16. The van der Waals surface area contributed by atoms with Crippen molar-refractivity contribution in [2.24, 2.45) is 0 Å². The quantitative estimate of drug-likeness (QED) is 0.552. The maximum Gasteiger partial charge on any atom is 0.287 e. The number of nitrogens with one attached hydrogen (secondary N) is 1. The Morgan fingerprint density at radius 2 is 1.83 bits per heavy atom. The van der Waals surface area contributed by atoms with Crippen LogP contribution in [0.4, 0.5) is 4.39 Å². The predicted molar refractivity (Wildman–Crippen MR) is 114 cm³/mol. The summed E-state index contributed by atoms with van der Waals surface area (Å²) in [5.41, 5.74) is 1.97. The van der Waals surface area contributed by atoms with Crippen LogP contribution in [-0.4, -0.2) is 24.0 Å². The Balaban J connectivity index is 1.60. The molecular weight excluding hydrogens is 383 g/mol. The topological polar surface area (TPSA) is 54.7 Å². The van der Waals surface area contributed by atoms with Crippen molar-refractivity contribution in [1.29, 1.82) is 0 Å². The van der Waals surface area contributed by atoms with Gasteiger partial charge < -0.3 is 14.5 Å². The van der Waals surface area contributed by atoms with Crippen molar-refractivity contribution in [2.45, 2.75) is 39.5 Å². The summed E-state index contributed by atoms with van der Waals surface area (Å²) in [6.45, 7) is 5.88. The van der Waals surface area contributed by atoms with Crippen LogP contribution >= 0.6 is 0 Å². The molecule has 158 valence electrons. The standard InChI is InChI=1S/C24H27FN2O3/c1-17(2)27(15-19-5-4-6-21(13-19)29-3)16-22-11-12-23(30-22)24(28)26-14-18-7-9-20(25)10-8-18/h4-13,17H,14-16H2,1-3H3,(H,26,28). The van der Waals surface area contributed by atoms with Crippen LogP contribution in [0, 0.1) is 5.82 Å². The maximum absolute atomic E-state index is 13.0. The van der Waals surface area contributed by atoms with Crippen LogP contribution in [0.1, 0.15) is 41.3 Å². The average molecular weight is 410 g/mol. The molecule has 2 aromatic carbocycles. The average Bonchev–Trinajstić information content (AvgIpc) is 3.21. The first-order chi connectivity index (χ1) is 14.4. The van der Waals surface area contributed by atoms with E-state index < -0.39 is 0 Å². The molecule has 0 bridgehead atoms. The summed E-state index contributed by atoms with van der Waals surface area (Å²) in [7, 11) is 1.66. The minimum atomic E-state index is -0.301. The lowest BCUT2D eigenvalue weighted by Crippen LogP contribution is -2.29.